The minimum atomic E-state index is -0.188. The van der Waals surface area contributed by atoms with Crippen LogP contribution in [0.15, 0.2) is 30.5 Å². The quantitative estimate of drug-likeness (QED) is 0.740. The Kier molecular flexibility index (Phi) is 2.87. The molecule has 4 nitrogen and oxygen atoms in total. The highest BCUT2D eigenvalue weighted by Crippen LogP contribution is 2.15. The number of nitrogens with two attached hydrogens (primary N) is 1. The molecular weight excluding hydrogens is 214 g/mol. The van der Waals surface area contributed by atoms with Crippen LogP contribution in [0.25, 0.3) is 0 Å². The molecule has 2 aromatic rings. The molecule has 0 bridgehead atoms. The molecule has 0 saturated carbocycles. The number of benzene rings is 1. The van der Waals surface area contributed by atoms with Gasteiger partial charge in [-0.3, -0.25) is 4.79 Å². The first-order valence-electron chi connectivity index (χ1n) is 5.38. The number of aromatic nitrogens is 1. The van der Waals surface area contributed by atoms with Crippen LogP contribution in [0.3, 0.4) is 0 Å². The Bertz CT molecular complexity index is 537. The normalized spacial score (nSPS) is 10.2. The Morgan fingerprint density at radius 3 is 2.35 bits per heavy atom. The fraction of sp³-hybridized carbons (Fsp3) is 0.154. The topological polar surface area (TPSA) is 70.9 Å². The zero-order chi connectivity index (χ0) is 12.4. The fourth-order valence-corrected chi connectivity index (χ4v) is 1.79. The predicted octanol–water partition coefficient (Wildman–Crippen LogP) is 2.47. The highest BCUT2D eigenvalue weighted by atomic mass is 16.1. The lowest BCUT2D eigenvalue weighted by atomic mass is 10.1. The lowest BCUT2D eigenvalue weighted by Crippen LogP contribution is -2.12. The molecule has 0 radical (unpaired) electrons. The van der Waals surface area contributed by atoms with Crippen LogP contribution in [0.5, 0.6) is 0 Å². The van der Waals surface area contributed by atoms with Gasteiger partial charge < -0.3 is 16.0 Å². The van der Waals surface area contributed by atoms with Gasteiger partial charge >= 0.3 is 0 Å². The van der Waals surface area contributed by atoms with E-state index < -0.39 is 0 Å². The second kappa shape index (κ2) is 4.33. The summed E-state index contributed by atoms with van der Waals surface area (Å²) in [5.41, 5.74) is 9.58. The molecule has 0 spiro atoms. The molecule has 0 unspecified atom stereocenters. The number of H-pyrrole nitrogens is 1. The molecule has 0 aliphatic carbocycles. The average molecular weight is 229 g/mol. The van der Waals surface area contributed by atoms with Gasteiger partial charge in [-0.2, -0.15) is 0 Å². The molecule has 4 heteroatoms. The SMILES string of the molecule is Cc1cc(C)cc(NC(=O)c2cc(N)c[nH]2)c1. The van der Waals surface area contributed by atoms with Crippen molar-refractivity contribution in [3.05, 3.63) is 47.3 Å². The van der Waals surface area contributed by atoms with Gasteiger partial charge in [-0.05, 0) is 43.2 Å². The van der Waals surface area contributed by atoms with Crippen LogP contribution < -0.4 is 11.1 Å². The van der Waals surface area contributed by atoms with E-state index >= 15 is 0 Å². The van der Waals surface area contributed by atoms with Gasteiger partial charge in [0.1, 0.15) is 5.69 Å². The molecule has 0 saturated heterocycles. The molecule has 4 N–H and O–H groups in total. The first-order valence-corrected chi connectivity index (χ1v) is 5.38. The van der Waals surface area contributed by atoms with Crippen molar-refractivity contribution in [2.75, 3.05) is 11.1 Å². The van der Waals surface area contributed by atoms with Gasteiger partial charge in [0, 0.05) is 17.6 Å². The number of nitrogen functional groups attached to an aromatic ring is 1. The predicted molar refractivity (Wildman–Crippen MR) is 69.1 cm³/mol. The van der Waals surface area contributed by atoms with Gasteiger partial charge in [0.15, 0.2) is 0 Å². The van der Waals surface area contributed by atoms with Crippen molar-refractivity contribution < 1.29 is 4.79 Å². The molecule has 1 amide bonds. The highest BCUT2D eigenvalue weighted by Gasteiger charge is 2.08. The molecule has 0 aliphatic heterocycles. The van der Waals surface area contributed by atoms with Crippen molar-refractivity contribution in [3.8, 4) is 0 Å². The summed E-state index contributed by atoms with van der Waals surface area (Å²) in [7, 11) is 0. The van der Waals surface area contributed by atoms with E-state index in [0.29, 0.717) is 11.4 Å². The third-order valence-electron chi connectivity index (χ3n) is 2.43. The Hall–Kier alpha value is -2.23. The Morgan fingerprint density at radius 2 is 1.82 bits per heavy atom. The van der Waals surface area contributed by atoms with E-state index in [1.165, 1.54) is 0 Å². The standard InChI is InChI=1S/C13H15N3O/c1-8-3-9(2)5-11(4-8)16-13(17)12-6-10(14)7-15-12/h3-7,15H,14H2,1-2H3,(H,16,17). The number of rotatable bonds is 2. The fourth-order valence-electron chi connectivity index (χ4n) is 1.79. The van der Waals surface area contributed by atoms with Crippen molar-refractivity contribution >= 4 is 17.3 Å². The minimum Gasteiger partial charge on any atom is -0.397 e. The van der Waals surface area contributed by atoms with Crippen LogP contribution in [-0.2, 0) is 0 Å². The zero-order valence-electron chi connectivity index (χ0n) is 9.87. The van der Waals surface area contributed by atoms with Gasteiger partial charge in [-0.25, -0.2) is 0 Å². The first-order chi connectivity index (χ1) is 8.04. The summed E-state index contributed by atoms with van der Waals surface area (Å²) in [6.07, 6.45) is 1.59. The van der Waals surface area contributed by atoms with E-state index in [4.69, 9.17) is 5.73 Å². The van der Waals surface area contributed by atoms with Crippen molar-refractivity contribution in [1.29, 1.82) is 0 Å². The number of carbonyl (C=O) groups excluding carboxylic acids is 1. The van der Waals surface area contributed by atoms with E-state index in [-0.39, 0.29) is 5.91 Å². The van der Waals surface area contributed by atoms with E-state index in [2.05, 4.69) is 16.4 Å². The molecule has 1 heterocycles. The second-order valence-electron chi connectivity index (χ2n) is 4.18. The van der Waals surface area contributed by atoms with Gasteiger partial charge in [0.25, 0.3) is 5.91 Å². The average Bonchev–Trinajstić information content (AvgIpc) is 2.63. The Morgan fingerprint density at radius 1 is 1.18 bits per heavy atom. The van der Waals surface area contributed by atoms with E-state index in [0.717, 1.165) is 16.8 Å². The zero-order valence-corrected chi connectivity index (χ0v) is 9.87. The molecule has 0 aliphatic rings. The van der Waals surface area contributed by atoms with Crippen LogP contribution in [-0.4, -0.2) is 10.9 Å². The Labute approximate surface area is 99.8 Å². The lowest BCUT2D eigenvalue weighted by molar-refractivity contribution is 0.102. The van der Waals surface area contributed by atoms with Gasteiger partial charge in [0.2, 0.25) is 0 Å². The number of hydrogen-bond donors (Lipinski definition) is 3. The smallest absolute Gasteiger partial charge is 0.272 e. The largest absolute Gasteiger partial charge is 0.397 e. The molecule has 1 aromatic carbocycles. The van der Waals surface area contributed by atoms with Gasteiger partial charge in [0.05, 0.1) is 0 Å². The van der Waals surface area contributed by atoms with E-state index in [9.17, 15) is 4.79 Å². The number of hydrogen-bond acceptors (Lipinski definition) is 2. The number of anilines is 2. The monoisotopic (exact) mass is 229 g/mol. The number of amides is 1. The number of nitrogens with one attached hydrogen (secondary N) is 2. The summed E-state index contributed by atoms with van der Waals surface area (Å²) in [5, 5.41) is 2.83. The summed E-state index contributed by atoms with van der Waals surface area (Å²) < 4.78 is 0. The van der Waals surface area contributed by atoms with Crippen LogP contribution in [0, 0.1) is 13.8 Å². The number of aryl methyl sites for hydroxylation is 2. The molecule has 2 rings (SSSR count). The van der Waals surface area contributed by atoms with Crippen LogP contribution in [0.1, 0.15) is 21.6 Å². The van der Waals surface area contributed by atoms with Crippen molar-refractivity contribution in [1.82, 2.24) is 4.98 Å². The summed E-state index contributed by atoms with van der Waals surface area (Å²) >= 11 is 0. The highest BCUT2D eigenvalue weighted by molar-refractivity contribution is 6.03. The maximum absolute atomic E-state index is 11.9. The minimum absolute atomic E-state index is 0.188. The van der Waals surface area contributed by atoms with Crippen molar-refractivity contribution in [2.45, 2.75) is 13.8 Å². The van der Waals surface area contributed by atoms with Crippen LogP contribution in [0.4, 0.5) is 11.4 Å². The summed E-state index contributed by atoms with van der Waals surface area (Å²) in [5.74, 6) is -0.188. The molecule has 1 aromatic heterocycles. The maximum atomic E-state index is 11.9. The third kappa shape index (κ3) is 2.66. The Balaban J connectivity index is 2.18. The lowest BCUT2D eigenvalue weighted by Gasteiger charge is -2.06. The summed E-state index contributed by atoms with van der Waals surface area (Å²) in [4.78, 5) is 14.7. The molecule has 0 fully saturated rings. The number of aromatic amines is 1. The molecule has 88 valence electrons. The molecule has 17 heavy (non-hydrogen) atoms. The van der Waals surface area contributed by atoms with Crippen LogP contribution in [0.2, 0.25) is 0 Å². The van der Waals surface area contributed by atoms with Crippen molar-refractivity contribution in [2.24, 2.45) is 0 Å². The maximum Gasteiger partial charge on any atom is 0.272 e. The van der Waals surface area contributed by atoms with Crippen LogP contribution >= 0.6 is 0 Å². The second-order valence-corrected chi connectivity index (χ2v) is 4.18. The third-order valence-corrected chi connectivity index (χ3v) is 2.43. The summed E-state index contributed by atoms with van der Waals surface area (Å²) in [6.45, 7) is 3.99. The van der Waals surface area contributed by atoms with E-state index in [1.54, 1.807) is 12.3 Å². The first kappa shape index (κ1) is 11.3. The number of carbonyl (C=O) groups is 1. The van der Waals surface area contributed by atoms with Gasteiger partial charge in [-0.1, -0.05) is 6.07 Å². The summed E-state index contributed by atoms with van der Waals surface area (Å²) in [6, 6.07) is 7.52. The van der Waals surface area contributed by atoms with Crippen molar-refractivity contribution in [3.63, 3.8) is 0 Å². The molecular formula is C13H15N3O. The molecule has 0 atom stereocenters. The van der Waals surface area contributed by atoms with E-state index in [1.807, 2.05) is 26.0 Å². The van der Waals surface area contributed by atoms with Gasteiger partial charge in [-0.15, -0.1) is 0 Å².